The van der Waals surface area contributed by atoms with Crippen molar-refractivity contribution in [2.75, 3.05) is 0 Å². The fraction of sp³-hybridized carbons (Fsp3) is 0. The Labute approximate surface area is 110 Å². The van der Waals surface area contributed by atoms with Crippen LogP contribution >= 0.6 is 0 Å². The van der Waals surface area contributed by atoms with Crippen molar-refractivity contribution in [3.05, 3.63) is 51.2 Å². The third kappa shape index (κ3) is 1.38. The molecule has 6 heteroatoms. The highest BCUT2D eigenvalue weighted by Gasteiger charge is 2.10. The summed E-state index contributed by atoms with van der Waals surface area (Å²) in [6, 6.07) is 7.87. The molecule has 6 nitrogen and oxygen atoms in total. The fourth-order valence-electron chi connectivity index (χ4n) is 2.45. The van der Waals surface area contributed by atoms with Crippen molar-refractivity contribution in [3.63, 3.8) is 0 Å². The summed E-state index contributed by atoms with van der Waals surface area (Å²) in [6.07, 6.45) is 0. The number of hydrogen-bond donors (Lipinski definition) is 3. The van der Waals surface area contributed by atoms with Gasteiger partial charge in [0.25, 0.3) is 0 Å². The van der Waals surface area contributed by atoms with Gasteiger partial charge >= 0.3 is 11.3 Å². The third-order valence-corrected chi connectivity index (χ3v) is 3.33. The van der Waals surface area contributed by atoms with Crippen LogP contribution in [0.4, 0.5) is 0 Å². The van der Waals surface area contributed by atoms with E-state index in [-0.39, 0.29) is 11.4 Å². The van der Waals surface area contributed by atoms with Gasteiger partial charge in [0.1, 0.15) is 11.3 Å². The average molecular weight is 268 g/mol. The summed E-state index contributed by atoms with van der Waals surface area (Å²) in [6.45, 7) is 0. The number of aromatic amines is 2. The molecule has 2 aromatic heterocycles. The predicted octanol–water partition coefficient (Wildman–Crippen LogP) is 1.82. The Balaban J connectivity index is 2.31. The number of phenols is 1. The number of H-pyrrole nitrogens is 2. The number of benzene rings is 2. The van der Waals surface area contributed by atoms with E-state index in [0.29, 0.717) is 32.8 Å². The lowest BCUT2D eigenvalue weighted by Crippen LogP contribution is -1.99. The van der Waals surface area contributed by atoms with E-state index in [1.165, 1.54) is 12.1 Å². The first-order valence-electron chi connectivity index (χ1n) is 5.93. The molecule has 0 unspecified atom stereocenters. The molecule has 0 amide bonds. The van der Waals surface area contributed by atoms with Crippen molar-refractivity contribution in [1.29, 1.82) is 0 Å². The zero-order chi connectivity index (χ0) is 13.9. The summed E-state index contributed by atoms with van der Waals surface area (Å²) in [5.41, 5.74) is 0.741. The lowest BCUT2D eigenvalue weighted by atomic mass is 10.1. The maximum Gasteiger partial charge on any atom is 0.344 e. The van der Waals surface area contributed by atoms with Crippen molar-refractivity contribution in [2.24, 2.45) is 0 Å². The van der Waals surface area contributed by atoms with Gasteiger partial charge in [-0.15, -0.1) is 0 Å². The molecule has 0 saturated heterocycles. The van der Waals surface area contributed by atoms with Crippen LogP contribution < -0.4 is 11.3 Å². The third-order valence-electron chi connectivity index (χ3n) is 3.33. The van der Waals surface area contributed by atoms with Crippen LogP contribution in [-0.4, -0.2) is 15.1 Å². The van der Waals surface area contributed by atoms with Crippen molar-refractivity contribution >= 4 is 32.8 Å². The number of rotatable bonds is 0. The van der Waals surface area contributed by atoms with Crippen molar-refractivity contribution in [3.8, 4) is 5.75 Å². The molecule has 0 radical (unpaired) electrons. The lowest BCUT2D eigenvalue weighted by molar-refractivity contribution is 0.475. The van der Waals surface area contributed by atoms with E-state index >= 15 is 0 Å². The zero-order valence-corrected chi connectivity index (χ0v) is 10.1. The van der Waals surface area contributed by atoms with Gasteiger partial charge in [0.05, 0.1) is 16.4 Å². The van der Waals surface area contributed by atoms with Crippen LogP contribution in [0.2, 0.25) is 0 Å². The van der Waals surface area contributed by atoms with Gasteiger partial charge in [0.15, 0.2) is 0 Å². The highest BCUT2D eigenvalue weighted by molar-refractivity contribution is 6.08. The van der Waals surface area contributed by atoms with Crippen molar-refractivity contribution in [2.45, 2.75) is 0 Å². The number of fused-ring (bicyclic) bond motifs is 4. The summed E-state index contributed by atoms with van der Waals surface area (Å²) in [4.78, 5) is 28.5. The minimum absolute atomic E-state index is 0.000259. The summed E-state index contributed by atoms with van der Waals surface area (Å²) in [5, 5.41) is 11.1. The minimum Gasteiger partial charge on any atom is -0.508 e. The monoisotopic (exact) mass is 268 g/mol. The summed E-state index contributed by atoms with van der Waals surface area (Å²) >= 11 is 0. The zero-order valence-electron chi connectivity index (χ0n) is 10.1. The maximum atomic E-state index is 11.9. The molecule has 20 heavy (non-hydrogen) atoms. The SMILES string of the molecule is O=c1[nH]c2cc3oc(=O)c4cc(O)ccc4c3cc2[nH]1. The van der Waals surface area contributed by atoms with Crippen LogP contribution in [0, 0.1) is 0 Å². The van der Waals surface area contributed by atoms with Crippen LogP contribution in [0.1, 0.15) is 0 Å². The smallest absolute Gasteiger partial charge is 0.344 e. The van der Waals surface area contributed by atoms with Gasteiger partial charge in [-0.2, -0.15) is 0 Å². The largest absolute Gasteiger partial charge is 0.508 e. The second-order valence-corrected chi connectivity index (χ2v) is 4.59. The second kappa shape index (κ2) is 3.51. The number of imidazole rings is 1. The van der Waals surface area contributed by atoms with E-state index < -0.39 is 5.63 Å². The standard InChI is InChI=1S/C14H8N2O4/c17-6-1-2-7-8-4-10-11(16-14(19)15-10)5-12(8)20-13(18)9(7)3-6/h1-5,17H,(H2,15,16,19). The lowest BCUT2D eigenvalue weighted by Gasteiger charge is -2.03. The molecule has 0 fully saturated rings. The van der Waals surface area contributed by atoms with Crippen LogP contribution in [0.3, 0.4) is 0 Å². The minimum atomic E-state index is -0.527. The Kier molecular flexibility index (Phi) is 1.90. The number of hydrogen-bond acceptors (Lipinski definition) is 4. The molecule has 98 valence electrons. The van der Waals surface area contributed by atoms with Gasteiger partial charge in [-0.3, -0.25) is 0 Å². The van der Waals surface area contributed by atoms with E-state index in [2.05, 4.69) is 9.97 Å². The Morgan fingerprint density at radius 3 is 2.45 bits per heavy atom. The maximum absolute atomic E-state index is 11.9. The number of phenolic OH excluding ortho intramolecular Hbond substituents is 1. The molecule has 2 aromatic carbocycles. The molecule has 2 heterocycles. The molecule has 4 aromatic rings. The Morgan fingerprint density at radius 2 is 1.65 bits per heavy atom. The molecular formula is C14H8N2O4. The van der Waals surface area contributed by atoms with Crippen molar-refractivity contribution < 1.29 is 9.52 Å². The summed E-state index contributed by atoms with van der Waals surface area (Å²) in [7, 11) is 0. The molecular weight excluding hydrogens is 260 g/mol. The van der Waals surface area contributed by atoms with Gasteiger partial charge in [-0.1, -0.05) is 0 Å². The summed E-state index contributed by atoms with van der Waals surface area (Å²) in [5.74, 6) is 0.000259. The average Bonchev–Trinajstić information content (AvgIpc) is 2.76. The van der Waals surface area contributed by atoms with E-state index in [4.69, 9.17) is 4.42 Å². The van der Waals surface area contributed by atoms with E-state index in [0.717, 1.165) is 0 Å². The molecule has 3 N–H and O–H groups in total. The number of aromatic hydroxyl groups is 1. The van der Waals surface area contributed by atoms with E-state index in [1.807, 2.05) is 0 Å². The fourth-order valence-corrected chi connectivity index (χ4v) is 2.45. The van der Waals surface area contributed by atoms with Gasteiger partial charge in [-0.25, -0.2) is 9.59 Å². The molecule has 0 aliphatic rings. The highest BCUT2D eigenvalue weighted by atomic mass is 16.4. The predicted molar refractivity (Wildman–Crippen MR) is 74.1 cm³/mol. The van der Waals surface area contributed by atoms with E-state index in [9.17, 15) is 14.7 Å². The van der Waals surface area contributed by atoms with Gasteiger partial charge in [0.2, 0.25) is 0 Å². The quantitative estimate of drug-likeness (QED) is 0.334. The van der Waals surface area contributed by atoms with Crippen LogP contribution in [0.15, 0.2) is 44.3 Å². The summed E-state index contributed by atoms with van der Waals surface area (Å²) < 4.78 is 5.24. The molecule has 0 aliphatic carbocycles. The Morgan fingerprint density at radius 1 is 0.900 bits per heavy atom. The molecule has 0 aliphatic heterocycles. The molecule has 0 bridgehead atoms. The van der Waals surface area contributed by atoms with Gasteiger partial charge in [0, 0.05) is 16.8 Å². The normalized spacial score (nSPS) is 11.6. The Bertz CT molecular complexity index is 1100. The van der Waals surface area contributed by atoms with Crippen molar-refractivity contribution in [1.82, 2.24) is 9.97 Å². The number of nitrogens with one attached hydrogen (secondary N) is 2. The van der Waals surface area contributed by atoms with Crippen LogP contribution in [-0.2, 0) is 0 Å². The van der Waals surface area contributed by atoms with Gasteiger partial charge < -0.3 is 19.5 Å². The first-order valence-corrected chi connectivity index (χ1v) is 5.93. The Hall–Kier alpha value is -3.02. The second-order valence-electron chi connectivity index (χ2n) is 4.59. The topological polar surface area (TPSA) is 99.1 Å². The molecule has 4 rings (SSSR count). The van der Waals surface area contributed by atoms with Crippen LogP contribution in [0.5, 0.6) is 5.75 Å². The number of aromatic nitrogens is 2. The highest BCUT2D eigenvalue weighted by Crippen LogP contribution is 2.27. The molecule has 0 atom stereocenters. The first kappa shape index (κ1) is 10.9. The van der Waals surface area contributed by atoms with E-state index in [1.54, 1.807) is 18.2 Å². The molecule has 0 spiro atoms. The molecule has 0 saturated carbocycles. The first-order chi connectivity index (χ1) is 9.61. The van der Waals surface area contributed by atoms with Crippen LogP contribution in [0.25, 0.3) is 32.8 Å². The van der Waals surface area contributed by atoms with Gasteiger partial charge in [-0.05, 0) is 24.3 Å².